The van der Waals surface area contributed by atoms with Crippen LogP contribution in [0.5, 0.6) is 0 Å². The summed E-state index contributed by atoms with van der Waals surface area (Å²) >= 11 is 0. The Morgan fingerprint density at radius 3 is 2.67 bits per heavy atom. The largest absolute Gasteiger partial charge is 0.385 e. The van der Waals surface area contributed by atoms with Crippen LogP contribution in [-0.2, 0) is 0 Å². The lowest BCUT2D eigenvalue weighted by Crippen LogP contribution is -2.06. The standard InChI is InChI=1S/C18H17FN2/c19-13-5-3-4-12(10-13)16(11-8-9-11)17-14-6-1-2-7-15(14)21-18(17)20/h1-7,10-11,16,21H,8-9,20H2/t16-/m0/s1. The molecule has 3 heteroatoms. The van der Waals surface area contributed by atoms with Gasteiger partial charge in [-0.1, -0.05) is 30.3 Å². The summed E-state index contributed by atoms with van der Waals surface area (Å²) in [7, 11) is 0. The van der Waals surface area contributed by atoms with Gasteiger partial charge in [-0.15, -0.1) is 0 Å². The van der Waals surface area contributed by atoms with Gasteiger partial charge < -0.3 is 10.7 Å². The Morgan fingerprint density at radius 2 is 1.90 bits per heavy atom. The first kappa shape index (κ1) is 12.5. The lowest BCUT2D eigenvalue weighted by atomic mass is 9.86. The van der Waals surface area contributed by atoms with Crippen LogP contribution in [-0.4, -0.2) is 4.98 Å². The summed E-state index contributed by atoms with van der Waals surface area (Å²) in [6.45, 7) is 0. The zero-order valence-corrected chi connectivity index (χ0v) is 11.6. The van der Waals surface area contributed by atoms with Crippen LogP contribution < -0.4 is 5.73 Å². The molecule has 1 heterocycles. The molecule has 0 saturated heterocycles. The number of aromatic amines is 1. The van der Waals surface area contributed by atoms with Gasteiger partial charge in [0.25, 0.3) is 0 Å². The smallest absolute Gasteiger partial charge is 0.123 e. The number of fused-ring (bicyclic) bond motifs is 1. The highest BCUT2D eigenvalue weighted by atomic mass is 19.1. The topological polar surface area (TPSA) is 41.8 Å². The number of halogens is 1. The maximum atomic E-state index is 13.6. The maximum absolute atomic E-state index is 13.6. The molecule has 2 nitrogen and oxygen atoms in total. The number of hydrogen-bond acceptors (Lipinski definition) is 1. The van der Waals surface area contributed by atoms with Gasteiger partial charge in [0, 0.05) is 22.4 Å². The van der Waals surface area contributed by atoms with E-state index in [0.717, 1.165) is 22.0 Å². The minimum Gasteiger partial charge on any atom is -0.385 e. The van der Waals surface area contributed by atoms with Gasteiger partial charge >= 0.3 is 0 Å². The molecule has 0 spiro atoms. The third-order valence-corrected chi connectivity index (χ3v) is 4.39. The van der Waals surface area contributed by atoms with Gasteiger partial charge in [-0.3, -0.25) is 0 Å². The number of aromatic nitrogens is 1. The lowest BCUT2D eigenvalue weighted by Gasteiger charge is -2.17. The molecule has 3 aromatic rings. The average Bonchev–Trinajstić information content (AvgIpc) is 3.24. The first-order valence-corrected chi connectivity index (χ1v) is 7.35. The van der Waals surface area contributed by atoms with Crippen LogP contribution in [0.4, 0.5) is 10.2 Å². The van der Waals surface area contributed by atoms with Crippen molar-refractivity contribution in [3.63, 3.8) is 0 Å². The molecule has 1 atom stereocenters. The lowest BCUT2D eigenvalue weighted by molar-refractivity contribution is 0.618. The van der Waals surface area contributed by atoms with Crippen LogP contribution in [0.15, 0.2) is 48.5 Å². The second-order valence-corrected chi connectivity index (χ2v) is 5.87. The molecule has 1 aliphatic rings. The van der Waals surface area contributed by atoms with Gasteiger partial charge in [0.1, 0.15) is 11.6 Å². The van der Waals surface area contributed by atoms with E-state index in [1.165, 1.54) is 18.9 Å². The Balaban J connectivity index is 1.92. The van der Waals surface area contributed by atoms with Crippen molar-refractivity contribution in [2.75, 3.05) is 5.73 Å². The molecule has 0 unspecified atom stereocenters. The Morgan fingerprint density at radius 1 is 1.10 bits per heavy atom. The van der Waals surface area contributed by atoms with Crippen molar-refractivity contribution >= 4 is 16.7 Å². The molecule has 1 fully saturated rings. The van der Waals surface area contributed by atoms with Crippen LogP contribution in [0.25, 0.3) is 10.9 Å². The molecular weight excluding hydrogens is 263 g/mol. The monoisotopic (exact) mass is 280 g/mol. The van der Waals surface area contributed by atoms with Crippen molar-refractivity contribution in [1.29, 1.82) is 0 Å². The first-order valence-electron chi connectivity index (χ1n) is 7.35. The number of nitrogens with two attached hydrogens (primary N) is 1. The summed E-state index contributed by atoms with van der Waals surface area (Å²) in [6, 6.07) is 15.1. The van der Waals surface area contributed by atoms with Gasteiger partial charge in [0.2, 0.25) is 0 Å². The first-order chi connectivity index (χ1) is 10.2. The molecule has 0 aliphatic heterocycles. The predicted molar refractivity (Wildman–Crippen MR) is 83.7 cm³/mol. The van der Waals surface area contributed by atoms with E-state index >= 15 is 0 Å². The van der Waals surface area contributed by atoms with Crippen molar-refractivity contribution in [3.05, 3.63) is 65.5 Å². The van der Waals surface area contributed by atoms with Gasteiger partial charge in [-0.25, -0.2) is 4.39 Å². The number of para-hydroxylation sites is 1. The van der Waals surface area contributed by atoms with E-state index in [4.69, 9.17) is 5.73 Å². The summed E-state index contributed by atoms with van der Waals surface area (Å²) in [5.41, 5.74) is 9.44. The minimum absolute atomic E-state index is 0.178. The Kier molecular flexibility index (Phi) is 2.74. The molecule has 106 valence electrons. The fraction of sp³-hybridized carbons (Fsp3) is 0.222. The number of anilines is 1. The SMILES string of the molecule is Nc1[nH]c2ccccc2c1[C@H](c1cccc(F)c1)C1CC1. The third-order valence-electron chi connectivity index (χ3n) is 4.39. The van der Waals surface area contributed by atoms with E-state index in [2.05, 4.69) is 11.1 Å². The van der Waals surface area contributed by atoms with Crippen molar-refractivity contribution in [1.82, 2.24) is 4.98 Å². The Hall–Kier alpha value is -2.29. The highest BCUT2D eigenvalue weighted by Crippen LogP contribution is 2.49. The molecule has 1 aliphatic carbocycles. The van der Waals surface area contributed by atoms with Gasteiger partial charge in [0.05, 0.1) is 0 Å². The molecule has 2 aromatic carbocycles. The molecule has 4 rings (SSSR count). The van der Waals surface area contributed by atoms with Gasteiger partial charge in [-0.05, 0) is 42.5 Å². The molecule has 0 radical (unpaired) electrons. The second kappa shape index (κ2) is 4.62. The fourth-order valence-corrected chi connectivity index (χ4v) is 3.32. The molecule has 3 N–H and O–H groups in total. The zero-order valence-electron chi connectivity index (χ0n) is 11.6. The van der Waals surface area contributed by atoms with Gasteiger partial charge in [-0.2, -0.15) is 0 Å². The summed E-state index contributed by atoms with van der Waals surface area (Å²) in [5, 5.41) is 1.15. The van der Waals surface area contributed by atoms with E-state index in [-0.39, 0.29) is 11.7 Å². The van der Waals surface area contributed by atoms with Crippen LogP contribution in [0.2, 0.25) is 0 Å². The maximum Gasteiger partial charge on any atom is 0.123 e. The molecule has 1 aromatic heterocycles. The zero-order chi connectivity index (χ0) is 14.4. The average molecular weight is 280 g/mol. The number of H-pyrrole nitrogens is 1. The normalized spacial score (nSPS) is 16.2. The van der Waals surface area contributed by atoms with Gasteiger partial charge in [0.15, 0.2) is 0 Å². The van der Waals surface area contributed by atoms with Crippen LogP contribution in [0.1, 0.15) is 29.9 Å². The van der Waals surface area contributed by atoms with Crippen LogP contribution in [0.3, 0.4) is 0 Å². The number of nitrogen functional groups attached to an aromatic ring is 1. The highest BCUT2D eigenvalue weighted by molar-refractivity contribution is 5.89. The number of rotatable bonds is 3. The Labute approximate surface area is 122 Å². The summed E-state index contributed by atoms with van der Waals surface area (Å²) in [5.74, 6) is 1.26. The van der Waals surface area contributed by atoms with E-state index in [1.807, 2.05) is 24.3 Å². The van der Waals surface area contributed by atoms with E-state index < -0.39 is 0 Å². The summed E-state index contributed by atoms with van der Waals surface area (Å²) in [4.78, 5) is 3.26. The molecule has 0 bridgehead atoms. The minimum atomic E-state index is -0.184. The number of nitrogens with one attached hydrogen (secondary N) is 1. The van der Waals surface area contributed by atoms with Crippen molar-refractivity contribution < 1.29 is 4.39 Å². The van der Waals surface area contributed by atoms with Crippen molar-refractivity contribution in [2.24, 2.45) is 5.92 Å². The van der Waals surface area contributed by atoms with Crippen molar-refractivity contribution in [2.45, 2.75) is 18.8 Å². The number of benzene rings is 2. The van der Waals surface area contributed by atoms with Crippen LogP contribution >= 0.6 is 0 Å². The summed E-state index contributed by atoms with van der Waals surface area (Å²) in [6.07, 6.45) is 2.36. The molecular formula is C18H17FN2. The second-order valence-electron chi connectivity index (χ2n) is 5.87. The Bertz CT molecular complexity index is 802. The predicted octanol–water partition coefficient (Wildman–Crippen LogP) is 4.43. The molecule has 21 heavy (non-hydrogen) atoms. The fourth-order valence-electron chi connectivity index (χ4n) is 3.32. The summed E-state index contributed by atoms with van der Waals surface area (Å²) < 4.78 is 13.6. The van der Waals surface area contributed by atoms with E-state index in [0.29, 0.717) is 11.7 Å². The quantitative estimate of drug-likeness (QED) is 0.732. The van der Waals surface area contributed by atoms with E-state index in [9.17, 15) is 4.39 Å². The third kappa shape index (κ3) is 2.09. The number of hydrogen-bond donors (Lipinski definition) is 2. The molecule has 0 amide bonds. The van der Waals surface area contributed by atoms with Crippen molar-refractivity contribution in [3.8, 4) is 0 Å². The van der Waals surface area contributed by atoms with Crippen LogP contribution in [0, 0.1) is 11.7 Å². The highest BCUT2D eigenvalue weighted by Gasteiger charge is 2.36. The molecule has 1 saturated carbocycles. The van der Waals surface area contributed by atoms with E-state index in [1.54, 1.807) is 12.1 Å².